The van der Waals surface area contributed by atoms with Crippen LogP contribution in [0.15, 0.2) is 48.5 Å². The van der Waals surface area contributed by atoms with E-state index in [1.165, 1.54) is 0 Å². The molecule has 0 radical (unpaired) electrons. The lowest BCUT2D eigenvalue weighted by Gasteiger charge is -2.30. The molecule has 0 aliphatic carbocycles. The fraction of sp³-hybridized carbons (Fsp3) is 0.500. The van der Waals surface area contributed by atoms with Gasteiger partial charge < -0.3 is 20.6 Å². The van der Waals surface area contributed by atoms with Gasteiger partial charge in [0.05, 0.1) is 0 Å². The van der Waals surface area contributed by atoms with Gasteiger partial charge in [-0.3, -0.25) is 9.59 Å². The molecule has 0 saturated carbocycles. The highest BCUT2D eigenvalue weighted by Crippen LogP contribution is 2.31. The minimum absolute atomic E-state index is 0.0634. The van der Waals surface area contributed by atoms with E-state index in [4.69, 9.17) is 0 Å². The summed E-state index contributed by atoms with van der Waals surface area (Å²) in [4.78, 5) is 27.9. The number of nitrogens with zero attached hydrogens (tertiary/aromatic N) is 1. The highest BCUT2D eigenvalue weighted by Gasteiger charge is 2.28. The van der Waals surface area contributed by atoms with E-state index >= 15 is 0 Å². The van der Waals surface area contributed by atoms with E-state index in [2.05, 4.69) is 31.4 Å². The number of aromatic hydroxyl groups is 1. The van der Waals surface area contributed by atoms with Crippen LogP contribution in [0.2, 0.25) is 0 Å². The topological polar surface area (TPSA) is 81.7 Å². The zero-order chi connectivity index (χ0) is 25.6. The van der Waals surface area contributed by atoms with E-state index in [-0.39, 0.29) is 34.9 Å². The van der Waals surface area contributed by atoms with Crippen molar-refractivity contribution >= 4 is 17.5 Å². The normalized spacial score (nSPS) is 14.3. The maximum absolute atomic E-state index is 13.1. The van der Waals surface area contributed by atoms with Crippen molar-refractivity contribution < 1.29 is 14.7 Å². The van der Waals surface area contributed by atoms with E-state index in [0.29, 0.717) is 6.42 Å². The Kier molecular flexibility index (Phi) is 9.14. The molecule has 6 heteroatoms. The molecule has 3 N–H and O–H groups in total. The second-order valence-electron chi connectivity index (χ2n) is 10.6. The van der Waals surface area contributed by atoms with Gasteiger partial charge in [-0.15, -0.1) is 0 Å². The Hall–Kier alpha value is -3.02. The summed E-state index contributed by atoms with van der Waals surface area (Å²) in [5.41, 5.74) is 2.68. The number of hydrogen-bond donors (Lipinski definition) is 3. The van der Waals surface area contributed by atoms with Crippen molar-refractivity contribution in [1.29, 1.82) is 0 Å². The van der Waals surface area contributed by atoms with Crippen LogP contribution in [0.25, 0.3) is 0 Å². The van der Waals surface area contributed by atoms with Crippen LogP contribution in [0.5, 0.6) is 5.75 Å². The second kappa shape index (κ2) is 11.4. The van der Waals surface area contributed by atoms with Crippen molar-refractivity contribution in [3.05, 3.63) is 59.7 Å². The molecule has 0 fully saturated rings. The Morgan fingerprint density at radius 1 is 0.941 bits per heavy atom. The monoisotopic (exact) mass is 467 g/mol. The molecule has 186 valence electrons. The Bertz CT molecular complexity index is 967. The fourth-order valence-electron chi connectivity index (χ4n) is 3.92. The average Bonchev–Trinajstić information content (AvgIpc) is 2.76. The summed E-state index contributed by atoms with van der Waals surface area (Å²) < 4.78 is 0. The number of carbonyl (C=O) groups is 2. The summed E-state index contributed by atoms with van der Waals surface area (Å²) in [6.45, 7) is 13.8. The minimum Gasteiger partial charge on any atom is -0.508 e. The Morgan fingerprint density at radius 2 is 1.56 bits per heavy atom. The third kappa shape index (κ3) is 7.24. The lowest BCUT2D eigenvalue weighted by molar-refractivity contribution is -0.130. The van der Waals surface area contributed by atoms with E-state index in [1.54, 1.807) is 6.07 Å². The summed E-state index contributed by atoms with van der Waals surface area (Å²) in [6, 6.07) is 14.1. The number of rotatable bonds is 9. The van der Waals surface area contributed by atoms with Gasteiger partial charge in [0.25, 0.3) is 0 Å². The van der Waals surface area contributed by atoms with Crippen molar-refractivity contribution in [3.8, 4) is 5.75 Å². The molecule has 0 heterocycles. The first-order chi connectivity index (χ1) is 15.8. The molecule has 0 aliphatic rings. The molecule has 2 aromatic rings. The first kappa shape index (κ1) is 27.2. The van der Waals surface area contributed by atoms with Gasteiger partial charge in [-0.25, -0.2) is 0 Å². The molecular formula is C28H41N3O3. The first-order valence-electron chi connectivity index (χ1n) is 12.0. The van der Waals surface area contributed by atoms with E-state index in [1.807, 2.05) is 82.1 Å². The van der Waals surface area contributed by atoms with Crippen LogP contribution < -0.4 is 15.5 Å². The van der Waals surface area contributed by atoms with Gasteiger partial charge in [0, 0.05) is 18.8 Å². The van der Waals surface area contributed by atoms with Gasteiger partial charge in [-0.1, -0.05) is 65.0 Å². The van der Waals surface area contributed by atoms with Crippen LogP contribution >= 0.6 is 0 Å². The van der Waals surface area contributed by atoms with Crippen molar-refractivity contribution in [2.75, 3.05) is 11.9 Å². The zero-order valence-corrected chi connectivity index (χ0v) is 21.8. The third-order valence-electron chi connectivity index (χ3n) is 6.17. The predicted molar refractivity (Wildman–Crippen MR) is 139 cm³/mol. The molecule has 0 aromatic heterocycles. The van der Waals surface area contributed by atoms with Crippen LogP contribution in [0.1, 0.15) is 59.6 Å². The summed E-state index contributed by atoms with van der Waals surface area (Å²) in [5.74, 6) is -0.168. The number of phenolic OH excluding ortho intramolecular Hbond substituents is 1. The van der Waals surface area contributed by atoms with E-state index in [9.17, 15) is 14.7 Å². The Labute approximate surface area is 204 Å². The maximum Gasteiger partial charge on any atom is 0.243 e. The smallest absolute Gasteiger partial charge is 0.243 e. The number of likely N-dealkylation sites (N-methyl/N-ethyl adjacent to an activating group) is 1. The van der Waals surface area contributed by atoms with Crippen molar-refractivity contribution in [1.82, 2.24) is 10.6 Å². The van der Waals surface area contributed by atoms with Crippen molar-refractivity contribution in [3.63, 3.8) is 0 Å². The summed E-state index contributed by atoms with van der Waals surface area (Å²) >= 11 is 0. The molecule has 0 aliphatic heterocycles. The van der Waals surface area contributed by atoms with Crippen LogP contribution in [0.4, 0.5) is 5.69 Å². The van der Waals surface area contributed by atoms with Crippen LogP contribution in [0.3, 0.4) is 0 Å². The van der Waals surface area contributed by atoms with Gasteiger partial charge in [0.1, 0.15) is 17.8 Å². The lowest BCUT2D eigenvalue weighted by Crippen LogP contribution is -2.55. The molecule has 0 bridgehead atoms. The number of amides is 2. The van der Waals surface area contributed by atoms with Crippen molar-refractivity contribution in [2.45, 2.75) is 78.4 Å². The quantitative estimate of drug-likeness (QED) is 0.510. The van der Waals surface area contributed by atoms with Gasteiger partial charge >= 0.3 is 0 Å². The molecule has 2 rings (SSSR count). The molecule has 2 amide bonds. The number of anilines is 1. The standard InChI is InChI=1S/C28H41N3O3/c1-18(2)25(30-26(33)20(4)31(8)22-12-10-9-11-13-22)27(34)29-19(3)16-21-14-15-24(32)23(17-21)28(5,6)7/h9-15,17-20,25,32H,16H2,1-8H3,(H,29,34)(H,30,33). The molecule has 3 atom stereocenters. The predicted octanol–water partition coefficient (Wildman–Crippen LogP) is 4.40. The summed E-state index contributed by atoms with van der Waals surface area (Å²) in [6.07, 6.45) is 0.626. The number of phenols is 1. The zero-order valence-electron chi connectivity index (χ0n) is 21.8. The van der Waals surface area contributed by atoms with Crippen LogP contribution in [-0.2, 0) is 21.4 Å². The molecule has 0 saturated heterocycles. The van der Waals surface area contributed by atoms with Gasteiger partial charge in [-0.2, -0.15) is 0 Å². The summed E-state index contributed by atoms with van der Waals surface area (Å²) in [5, 5.41) is 16.2. The molecule has 3 unspecified atom stereocenters. The molecule has 2 aromatic carbocycles. The number of para-hydroxylation sites is 1. The molecule has 0 spiro atoms. The molecular weight excluding hydrogens is 426 g/mol. The summed E-state index contributed by atoms with van der Waals surface area (Å²) in [7, 11) is 1.87. The van der Waals surface area contributed by atoms with Crippen LogP contribution in [0, 0.1) is 5.92 Å². The third-order valence-corrected chi connectivity index (χ3v) is 6.17. The SMILES string of the molecule is CC(Cc1ccc(O)c(C(C)(C)C)c1)NC(=O)C(NC(=O)C(C)N(C)c1ccccc1)C(C)C. The van der Waals surface area contributed by atoms with Crippen LogP contribution in [-0.4, -0.2) is 42.1 Å². The number of benzene rings is 2. The Morgan fingerprint density at radius 3 is 2.12 bits per heavy atom. The first-order valence-corrected chi connectivity index (χ1v) is 12.0. The maximum atomic E-state index is 13.1. The minimum atomic E-state index is -0.633. The van der Waals surface area contributed by atoms with Gasteiger partial charge in [-0.05, 0) is 60.9 Å². The van der Waals surface area contributed by atoms with Crippen molar-refractivity contribution in [2.24, 2.45) is 5.92 Å². The lowest BCUT2D eigenvalue weighted by atomic mass is 9.85. The highest BCUT2D eigenvalue weighted by molar-refractivity contribution is 5.91. The molecule has 34 heavy (non-hydrogen) atoms. The van der Waals surface area contributed by atoms with Gasteiger partial charge in [0.15, 0.2) is 0 Å². The number of carbonyl (C=O) groups excluding carboxylic acids is 2. The molecule has 6 nitrogen and oxygen atoms in total. The largest absolute Gasteiger partial charge is 0.508 e. The van der Waals surface area contributed by atoms with E-state index < -0.39 is 12.1 Å². The second-order valence-corrected chi connectivity index (χ2v) is 10.6. The average molecular weight is 468 g/mol. The van der Waals surface area contributed by atoms with E-state index in [0.717, 1.165) is 16.8 Å². The highest BCUT2D eigenvalue weighted by atomic mass is 16.3. The fourth-order valence-corrected chi connectivity index (χ4v) is 3.92. The Balaban J connectivity index is 2.03. The van der Waals surface area contributed by atoms with Gasteiger partial charge in [0.2, 0.25) is 11.8 Å². The number of nitrogens with one attached hydrogen (secondary N) is 2. The number of hydrogen-bond acceptors (Lipinski definition) is 4.